The SMILES string of the molecule is Cn1ccn(Cc2sccc2C#CCN)c(=O)c1=O. The number of hydrogen-bond acceptors (Lipinski definition) is 4. The van der Waals surface area contributed by atoms with Crippen LogP contribution in [0, 0.1) is 11.8 Å². The Morgan fingerprint density at radius 1 is 1.32 bits per heavy atom. The van der Waals surface area contributed by atoms with Gasteiger partial charge in [-0.1, -0.05) is 11.8 Å². The van der Waals surface area contributed by atoms with Gasteiger partial charge in [-0.25, -0.2) is 0 Å². The first-order chi connectivity index (χ1) is 9.13. The standard InChI is InChI=1S/C13H13N3O2S/c1-15-6-7-16(13(18)12(15)17)9-11-10(3-2-5-14)4-8-19-11/h4,6-8H,5,9,14H2,1H3. The molecule has 19 heavy (non-hydrogen) atoms. The summed E-state index contributed by atoms with van der Waals surface area (Å²) < 4.78 is 2.66. The van der Waals surface area contributed by atoms with E-state index in [0.29, 0.717) is 13.1 Å². The number of rotatable bonds is 2. The predicted octanol–water partition coefficient (Wildman–Crippen LogP) is -0.0330. The molecule has 0 atom stereocenters. The van der Waals surface area contributed by atoms with E-state index in [1.165, 1.54) is 20.5 Å². The van der Waals surface area contributed by atoms with Crippen LogP contribution in [0.3, 0.4) is 0 Å². The quantitative estimate of drug-likeness (QED) is 0.618. The van der Waals surface area contributed by atoms with Crippen LogP contribution in [-0.2, 0) is 13.6 Å². The van der Waals surface area contributed by atoms with Gasteiger partial charge in [0, 0.05) is 29.9 Å². The third-order valence-electron chi connectivity index (χ3n) is 2.62. The molecule has 0 spiro atoms. The fraction of sp³-hybridized carbons (Fsp3) is 0.231. The summed E-state index contributed by atoms with van der Waals surface area (Å²) in [5, 5.41) is 1.90. The molecule has 2 aromatic rings. The van der Waals surface area contributed by atoms with E-state index in [9.17, 15) is 9.59 Å². The van der Waals surface area contributed by atoms with Crippen molar-refractivity contribution in [2.45, 2.75) is 6.54 Å². The number of thiophene rings is 1. The molecule has 0 aliphatic carbocycles. The molecule has 0 radical (unpaired) electrons. The minimum absolute atomic E-state index is 0.293. The van der Waals surface area contributed by atoms with Crippen LogP contribution in [0.15, 0.2) is 33.4 Å². The highest BCUT2D eigenvalue weighted by molar-refractivity contribution is 7.10. The highest BCUT2D eigenvalue weighted by atomic mass is 32.1. The van der Waals surface area contributed by atoms with Crippen LogP contribution in [0.4, 0.5) is 0 Å². The van der Waals surface area contributed by atoms with Crippen molar-refractivity contribution < 1.29 is 0 Å². The van der Waals surface area contributed by atoms with Gasteiger partial charge >= 0.3 is 11.1 Å². The molecule has 5 nitrogen and oxygen atoms in total. The summed E-state index contributed by atoms with van der Waals surface area (Å²) in [7, 11) is 1.55. The Morgan fingerprint density at radius 3 is 2.84 bits per heavy atom. The maximum absolute atomic E-state index is 11.8. The zero-order valence-corrected chi connectivity index (χ0v) is 11.2. The Hall–Kier alpha value is -2.10. The van der Waals surface area contributed by atoms with Crippen molar-refractivity contribution in [3.8, 4) is 11.8 Å². The Labute approximate surface area is 113 Å². The molecule has 0 aromatic carbocycles. The van der Waals surface area contributed by atoms with E-state index in [1.807, 2.05) is 11.4 Å². The van der Waals surface area contributed by atoms with Gasteiger partial charge in [-0.3, -0.25) is 9.59 Å². The predicted molar refractivity (Wildman–Crippen MR) is 75.3 cm³/mol. The maximum Gasteiger partial charge on any atom is 0.316 e. The van der Waals surface area contributed by atoms with Gasteiger partial charge < -0.3 is 14.9 Å². The summed E-state index contributed by atoms with van der Waals surface area (Å²) in [6.45, 7) is 0.641. The molecule has 0 aliphatic rings. The molecule has 2 aromatic heterocycles. The van der Waals surface area contributed by atoms with Crippen molar-refractivity contribution in [3.63, 3.8) is 0 Å². The van der Waals surface area contributed by atoms with Crippen molar-refractivity contribution in [1.29, 1.82) is 0 Å². The van der Waals surface area contributed by atoms with E-state index in [0.717, 1.165) is 10.4 Å². The molecule has 2 N–H and O–H groups in total. The highest BCUT2D eigenvalue weighted by Gasteiger charge is 2.07. The van der Waals surface area contributed by atoms with Crippen LogP contribution >= 0.6 is 11.3 Å². The van der Waals surface area contributed by atoms with E-state index in [1.54, 1.807) is 19.4 Å². The number of aryl methyl sites for hydroxylation is 1. The molecule has 0 fully saturated rings. The molecule has 0 amide bonds. The van der Waals surface area contributed by atoms with Crippen LogP contribution in [-0.4, -0.2) is 15.7 Å². The second kappa shape index (κ2) is 5.69. The third-order valence-corrected chi connectivity index (χ3v) is 3.52. The van der Waals surface area contributed by atoms with E-state index >= 15 is 0 Å². The van der Waals surface area contributed by atoms with E-state index in [-0.39, 0.29) is 0 Å². The molecule has 2 heterocycles. The lowest BCUT2D eigenvalue weighted by Gasteiger charge is -2.05. The molecule has 0 bridgehead atoms. The molecule has 0 saturated heterocycles. The highest BCUT2D eigenvalue weighted by Crippen LogP contribution is 2.16. The van der Waals surface area contributed by atoms with Crippen LogP contribution in [0.1, 0.15) is 10.4 Å². The molecule has 6 heteroatoms. The summed E-state index contributed by atoms with van der Waals surface area (Å²) in [5.41, 5.74) is 5.12. The van der Waals surface area contributed by atoms with Gasteiger partial charge in [0.2, 0.25) is 0 Å². The Balaban J connectivity index is 2.38. The summed E-state index contributed by atoms with van der Waals surface area (Å²) in [5.74, 6) is 5.74. The number of hydrogen-bond donors (Lipinski definition) is 1. The lowest BCUT2D eigenvalue weighted by molar-refractivity contribution is 0.700. The average molecular weight is 275 g/mol. The van der Waals surface area contributed by atoms with Crippen molar-refractivity contribution >= 4 is 11.3 Å². The summed E-state index contributed by atoms with van der Waals surface area (Å²) >= 11 is 1.50. The molecule has 2 rings (SSSR count). The maximum atomic E-state index is 11.8. The molecule has 0 aliphatic heterocycles. The van der Waals surface area contributed by atoms with Crippen molar-refractivity contribution in [3.05, 3.63) is 55.0 Å². The summed E-state index contributed by atoms with van der Waals surface area (Å²) in [6, 6.07) is 1.88. The molecular weight excluding hydrogens is 262 g/mol. The minimum Gasteiger partial charge on any atom is -0.320 e. The molecule has 0 unspecified atom stereocenters. The summed E-state index contributed by atoms with van der Waals surface area (Å²) in [6.07, 6.45) is 3.17. The first-order valence-corrected chi connectivity index (χ1v) is 6.53. The van der Waals surface area contributed by atoms with E-state index in [2.05, 4.69) is 11.8 Å². The fourth-order valence-electron chi connectivity index (χ4n) is 1.59. The largest absolute Gasteiger partial charge is 0.320 e. The lowest BCUT2D eigenvalue weighted by Crippen LogP contribution is -2.39. The third kappa shape index (κ3) is 2.84. The topological polar surface area (TPSA) is 70.0 Å². The van der Waals surface area contributed by atoms with Crippen LogP contribution in [0.25, 0.3) is 0 Å². The first kappa shape index (κ1) is 13.3. The second-order valence-corrected chi connectivity index (χ2v) is 4.91. The molecule has 0 saturated carbocycles. The van der Waals surface area contributed by atoms with Crippen molar-refractivity contribution in [2.24, 2.45) is 12.8 Å². The van der Waals surface area contributed by atoms with Gasteiger partial charge in [0.1, 0.15) is 0 Å². The zero-order valence-electron chi connectivity index (χ0n) is 10.4. The van der Waals surface area contributed by atoms with E-state index < -0.39 is 11.1 Å². The van der Waals surface area contributed by atoms with Crippen molar-refractivity contribution in [2.75, 3.05) is 6.54 Å². The van der Waals surface area contributed by atoms with Gasteiger partial charge in [0.05, 0.1) is 13.1 Å². The smallest absolute Gasteiger partial charge is 0.316 e. The minimum atomic E-state index is -0.534. The van der Waals surface area contributed by atoms with Gasteiger partial charge in [0.25, 0.3) is 0 Å². The number of nitrogens with two attached hydrogens (primary N) is 1. The summed E-state index contributed by atoms with van der Waals surface area (Å²) in [4.78, 5) is 24.3. The second-order valence-electron chi connectivity index (χ2n) is 3.91. The average Bonchev–Trinajstić information content (AvgIpc) is 2.84. The zero-order chi connectivity index (χ0) is 13.8. The van der Waals surface area contributed by atoms with Crippen LogP contribution in [0.5, 0.6) is 0 Å². The molecule has 98 valence electrons. The molecular formula is C13H13N3O2S. The first-order valence-electron chi connectivity index (χ1n) is 5.65. The normalized spacial score (nSPS) is 10.0. The lowest BCUT2D eigenvalue weighted by atomic mass is 10.2. The van der Waals surface area contributed by atoms with E-state index in [4.69, 9.17) is 5.73 Å². The fourth-order valence-corrected chi connectivity index (χ4v) is 2.42. The van der Waals surface area contributed by atoms with Gasteiger partial charge in [-0.15, -0.1) is 11.3 Å². The number of aromatic nitrogens is 2. The van der Waals surface area contributed by atoms with Gasteiger partial charge in [-0.05, 0) is 11.4 Å². The van der Waals surface area contributed by atoms with Crippen LogP contribution in [0.2, 0.25) is 0 Å². The Kier molecular flexibility index (Phi) is 4.00. The Morgan fingerprint density at radius 2 is 2.11 bits per heavy atom. The van der Waals surface area contributed by atoms with Crippen molar-refractivity contribution in [1.82, 2.24) is 9.13 Å². The van der Waals surface area contributed by atoms with Gasteiger partial charge in [0.15, 0.2) is 0 Å². The van der Waals surface area contributed by atoms with Gasteiger partial charge in [-0.2, -0.15) is 0 Å². The monoisotopic (exact) mass is 275 g/mol. The number of nitrogens with zero attached hydrogens (tertiary/aromatic N) is 2. The Bertz CT molecular complexity index is 758. The van der Waals surface area contributed by atoms with Crippen LogP contribution < -0.4 is 16.9 Å².